The number of rotatable bonds is 9. The minimum absolute atomic E-state index is 0.163. The third-order valence-corrected chi connectivity index (χ3v) is 5.64. The minimum atomic E-state index is -0.714. The van der Waals surface area contributed by atoms with Crippen LogP contribution >= 0.6 is 0 Å². The molecule has 1 aliphatic heterocycles. The van der Waals surface area contributed by atoms with Crippen molar-refractivity contribution in [3.05, 3.63) is 23.8 Å². The maximum Gasteiger partial charge on any atom is 0.325 e. The van der Waals surface area contributed by atoms with Crippen LogP contribution in [0.15, 0.2) is 18.2 Å². The van der Waals surface area contributed by atoms with Gasteiger partial charge >= 0.3 is 6.03 Å². The molecule has 2 aliphatic rings. The molecule has 1 heterocycles. The molecular formula is C21H28N4O6. The Balaban J connectivity index is 1.38. The molecular weight excluding hydrogens is 404 g/mol. The van der Waals surface area contributed by atoms with E-state index in [0.29, 0.717) is 36.3 Å². The Labute approximate surface area is 180 Å². The van der Waals surface area contributed by atoms with E-state index in [1.807, 2.05) is 0 Å². The molecule has 2 fully saturated rings. The fourth-order valence-corrected chi connectivity index (χ4v) is 3.96. The molecule has 3 N–H and O–H groups in total. The number of amides is 5. The summed E-state index contributed by atoms with van der Waals surface area (Å²) in [5.41, 5.74) is -0.376. The summed E-state index contributed by atoms with van der Waals surface area (Å²) in [6.07, 6.45) is 3.68. The summed E-state index contributed by atoms with van der Waals surface area (Å²) in [6.45, 7) is 0.333. The molecule has 0 aromatic heterocycles. The molecule has 1 aromatic rings. The van der Waals surface area contributed by atoms with Crippen LogP contribution in [-0.2, 0) is 9.59 Å². The van der Waals surface area contributed by atoms with Gasteiger partial charge in [0.2, 0.25) is 5.91 Å². The molecule has 10 nitrogen and oxygen atoms in total. The summed E-state index contributed by atoms with van der Waals surface area (Å²) in [6, 6.07) is 4.35. The number of imide groups is 1. The van der Waals surface area contributed by atoms with E-state index >= 15 is 0 Å². The summed E-state index contributed by atoms with van der Waals surface area (Å²) in [7, 11) is 2.97. The highest BCUT2D eigenvalue weighted by molar-refractivity contribution is 6.07. The van der Waals surface area contributed by atoms with E-state index in [0.717, 1.165) is 12.8 Å². The topological polar surface area (TPSA) is 126 Å². The highest BCUT2D eigenvalue weighted by Crippen LogP contribution is 2.35. The maximum absolute atomic E-state index is 12.6. The van der Waals surface area contributed by atoms with E-state index in [2.05, 4.69) is 16.0 Å². The van der Waals surface area contributed by atoms with E-state index in [9.17, 15) is 19.2 Å². The molecule has 0 unspecified atom stereocenters. The van der Waals surface area contributed by atoms with Crippen LogP contribution in [0.1, 0.15) is 42.5 Å². The average Bonchev–Trinajstić information content (AvgIpc) is 3.34. The zero-order chi connectivity index (χ0) is 22.4. The highest BCUT2D eigenvalue weighted by Gasteiger charge is 2.51. The van der Waals surface area contributed by atoms with Gasteiger partial charge in [-0.15, -0.1) is 0 Å². The lowest BCUT2D eigenvalue weighted by molar-refractivity contribution is -0.131. The molecule has 0 radical (unpaired) electrons. The van der Waals surface area contributed by atoms with Crippen LogP contribution in [0, 0.1) is 0 Å². The molecule has 3 rings (SSSR count). The Hall–Kier alpha value is -3.30. The predicted molar refractivity (Wildman–Crippen MR) is 111 cm³/mol. The van der Waals surface area contributed by atoms with Gasteiger partial charge in [-0.25, -0.2) is 4.79 Å². The fraction of sp³-hybridized carbons (Fsp3) is 0.524. The second kappa shape index (κ2) is 9.67. The predicted octanol–water partition coefficient (Wildman–Crippen LogP) is 0.805. The van der Waals surface area contributed by atoms with E-state index in [1.54, 1.807) is 12.1 Å². The smallest absolute Gasteiger partial charge is 0.325 e. The van der Waals surface area contributed by atoms with Crippen molar-refractivity contribution in [2.45, 2.75) is 37.6 Å². The van der Waals surface area contributed by atoms with Gasteiger partial charge in [0.25, 0.3) is 11.8 Å². The van der Waals surface area contributed by atoms with Gasteiger partial charge in [0, 0.05) is 18.7 Å². The first kappa shape index (κ1) is 22.4. The number of ether oxygens (including phenoxy) is 2. The van der Waals surface area contributed by atoms with Crippen molar-refractivity contribution in [1.82, 2.24) is 20.9 Å². The molecule has 1 aliphatic carbocycles. The van der Waals surface area contributed by atoms with E-state index in [-0.39, 0.29) is 37.5 Å². The van der Waals surface area contributed by atoms with Crippen molar-refractivity contribution < 1.29 is 28.7 Å². The molecule has 1 saturated carbocycles. The second-order valence-corrected chi connectivity index (χ2v) is 7.63. The number of benzene rings is 1. The molecule has 0 bridgehead atoms. The molecule has 1 spiro atoms. The number of urea groups is 1. The van der Waals surface area contributed by atoms with Crippen LogP contribution in [0.2, 0.25) is 0 Å². The number of carbonyl (C=O) groups is 4. The maximum atomic E-state index is 12.6. The third-order valence-electron chi connectivity index (χ3n) is 5.64. The van der Waals surface area contributed by atoms with Gasteiger partial charge in [0.15, 0.2) is 11.5 Å². The van der Waals surface area contributed by atoms with Crippen molar-refractivity contribution >= 4 is 23.8 Å². The Kier molecular flexibility index (Phi) is 6.98. The van der Waals surface area contributed by atoms with E-state index < -0.39 is 11.4 Å². The van der Waals surface area contributed by atoms with E-state index in [1.165, 1.54) is 25.2 Å². The SMILES string of the molecule is COc1ccc(C(=O)NCC(=O)NCCCN2C(=O)NC3(CCCC3)C2=O)cc1OC. The number of nitrogens with one attached hydrogen (secondary N) is 3. The zero-order valence-electron chi connectivity index (χ0n) is 17.8. The second-order valence-electron chi connectivity index (χ2n) is 7.63. The molecule has 1 saturated heterocycles. The highest BCUT2D eigenvalue weighted by atomic mass is 16.5. The van der Waals surface area contributed by atoms with Gasteiger partial charge in [-0.05, 0) is 37.5 Å². The Morgan fingerprint density at radius 3 is 2.48 bits per heavy atom. The summed E-state index contributed by atoms with van der Waals surface area (Å²) in [5, 5.41) is 8.05. The molecule has 168 valence electrons. The fourth-order valence-electron chi connectivity index (χ4n) is 3.96. The van der Waals surface area contributed by atoms with Crippen LogP contribution in [-0.4, -0.2) is 68.0 Å². The quantitative estimate of drug-likeness (QED) is 0.392. The number of carbonyl (C=O) groups excluding carboxylic acids is 4. The molecule has 5 amide bonds. The standard InChI is InChI=1S/C21H28N4O6/c1-30-15-7-6-14(12-16(15)31-2)18(27)23-13-17(26)22-10-5-11-25-19(28)21(24-20(25)29)8-3-4-9-21/h6-7,12H,3-5,8-11,13H2,1-2H3,(H,22,26)(H,23,27)(H,24,29). The molecule has 31 heavy (non-hydrogen) atoms. The van der Waals surface area contributed by atoms with Gasteiger partial charge in [0.05, 0.1) is 20.8 Å². The van der Waals surface area contributed by atoms with Crippen molar-refractivity contribution in [1.29, 1.82) is 0 Å². The summed E-state index contributed by atoms with van der Waals surface area (Å²) < 4.78 is 10.3. The van der Waals surface area contributed by atoms with Gasteiger partial charge in [-0.1, -0.05) is 12.8 Å². The van der Waals surface area contributed by atoms with Gasteiger partial charge < -0.3 is 25.4 Å². The Morgan fingerprint density at radius 1 is 1.10 bits per heavy atom. The average molecular weight is 432 g/mol. The molecule has 0 atom stereocenters. The lowest BCUT2D eigenvalue weighted by Crippen LogP contribution is -2.44. The van der Waals surface area contributed by atoms with Crippen LogP contribution in [0.4, 0.5) is 4.79 Å². The Bertz CT molecular complexity index is 865. The third kappa shape index (κ3) is 4.89. The minimum Gasteiger partial charge on any atom is -0.493 e. The van der Waals surface area contributed by atoms with Gasteiger partial charge in [0.1, 0.15) is 5.54 Å². The first-order chi connectivity index (χ1) is 14.9. The zero-order valence-corrected chi connectivity index (χ0v) is 17.8. The van der Waals surface area contributed by atoms with Gasteiger partial charge in [-0.2, -0.15) is 0 Å². The largest absolute Gasteiger partial charge is 0.493 e. The van der Waals surface area contributed by atoms with Crippen LogP contribution in [0.5, 0.6) is 11.5 Å². The number of hydrogen-bond acceptors (Lipinski definition) is 6. The Morgan fingerprint density at radius 2 is 1.81 bits per heavy atom. The monoisotopic (exact) mass is 432 g/mol. The van der Waals surface area contributed by atoms with Crippen LogP contribution < -0.4 is 25.4 Å². The van der Waals surface area contributed by atoms with E-state index in [4.69, 9.17) is 9.47 Å². The summed E-state index contributed by atoms with van der Waals surface area (Å²) >= 11 is 0. The molecule has 10 heteroatoms. The number of nitrogens with zero attached hydrogens (tertiary/aromatic N) is 1. The first-order valence-corrected chi connectivity index (χ1v) is 10.3. The first-order valence-electron chi connectivity index (χ1n) is 10.3. The van der Waals surface area contributed by atoms with Crippen LogP contribution in [0.3, 0.4) is 0 Å². The van der Waals surface area contributed by atoms with Crippen molar-refractivity contribution in [3.8, 4) is 11.5 Å². The lowest BCUT2D eigenvalue weighted by atomic mass is 9.98. The number of methoxy groups -OCH3 is 2. The van der Waals surface area contributed by atoms with Gasteiger partial charge in [-0.3, -0.25) is 19.3 Å². The van der Waals surface area contributed by atoms with Crippen molar-refractivity contribution in [2.24, 2.45) is 0 Å². The molecule has 1 aromatic carbocycles. The number of hydrogen-bond donors (Lipinski definition) is 3. The van der Waals surface area contributed by atoms with Crippen molar-refractivity contribution in [2.75, 3.05) is 33.9 Å². The summed E-state index contributed by atoms with van der Waals surface area (Å²) in [4.78, 5) is 50.1. The van der Waals surface area contributed by atoms with Crippen molar-refractivity contribution in [3.63, 3.8) is 0 Å². The van der Waals surface area contributed by atoms with Crippen LogP contribution in [0.25, 0.3) is 0 Å². The lowest BCUT2D eigenvalue weighted by Gasteiger charge is -2.20. The summed E-state index contributed by atoms with van der Waals surface area (Å²) in [5.74, 6) is -0.0283. The normalized spacial score (nSPS) is 16.9.